The molecule has 94 valence electrons. The van der Waals surface area contributed by atoms with E-state index >= 15 is 0 Å². The highest BCUT2D eigenvalue weighted by atomic mass is 16.5. The number of rotatable bonds is 4. The molecule has 0 unspecified atom stereocenters. The molecule has 4 nitrogen and oxygen atoms in total. The van der Waals surface area contributed by atoms with Gasteiger partial charge in [-0.25, -0.2) is 4.98 Å². The number of nitrogens with zero attached hydrogens (tertiary/aromatic N) is 1. The van der Waals surface area contributed by atoms with Gasteiger partial charge in [-0.05, 0) is 19.1 Å². The van der Waals surface area contributed by atoms with Crippen molar-refractivity contribution in [2.75, 3.05) is 13.7 Å². The first-order valence-corrected chi connectivity index (χ1v) is 5.76. The van der Waals surface area contributed by atoms with Crippen molar-refractivity contribution in [3.63, 3.8) is 0 Å². The number of carbonyl (C=O) groups is 1. The lowest BCUT2D eigenvalue weighted by Crippen LogP contribution is -2.07. The van der Waals surface area contributed by atoms with E-state index in [0.717, 1.165) is 16.6 Å². The van der Waals surface area contributed by atoms with Crippen molar-refractivity contribution in [1.29, 1.82) is 0 Å². The summed E-state index contributed by atoms with van der Waals surface area (Å²) in [5, 5.41) is 1.02. The second-order valence-electron chi connectivity index (χ2n) is 3.96. The molecular formula is C14H15NO3. The lowest BCUT2D eigenvalue weighted by atomic mass is 10.2. The lowest BCUT2D eigenvalue weighted by Gasteiger charge is -2.08. The van der Waals surface area contributed by atoms with E-state index in [4.69, 9.17) is 4.74 Å². The molecule has 0 aliphatic heterocycles. The minimum Gasteiger partial charge on any atom is -0.491 e. The highest BCUT2D eigenvalue weighted by molar-refractivity contribution is 5.84. The monoisotopic (exact) mass is 245 g/mol. The van der Waals surface area contributed by atoms with Gasteiger partial charge in [0.1, 0.15) is 11.3 Å². The molecule has 0 saturated heterocycles. The fourth-order valence-corrected chi connectivity index (χ4v) is 1.68. The minimum atomic E-state index is -0.278. The van der Waals surface area contributed by atoms with Gasteiger partial charge in [-0.1, -0.05) is 18.2 Å². The van der Waals surface area contributed by atoms with Crippen molar-refractivity contribution in [2.24, 2.45) is 0 Å². The molecule has 0 aliphatic rings. The van der Waals surface area contributed by atoms with E-state index in [0.29, 0.717) is 12.4 Å². The van der Waals surface area contributed by atoms with Crippen LogP contribution in [0.3, 0.4) is 0 Å². The maximum atomic E-state index is 11.0. The zero-order chi connectivity index (χ0) is 13.0. The van der Waals surface area contributed by atoms with Crippen molar-refractivity contribution < 1.29 is 14.3 Å². The van der Waals surface area contributed by atoms with Gasteiger partial charge >= 0.3 is 5.97 Å². The number of esters is 1. The molecule has 0 radical (unpaired) electrons. The Kier molecular flexibility index (Phi) is 3.77. The summed E-state index contributed by atoms with van der Waals surface area (Å²) in [7, 11) is 1.37. The predicted molar refractivity (Wildman–Crippen MR) is 68.6 cm³/mol. The first-order valence-electron chi connectivity index (χ1n) is 5.76. The highest BCUT2D eigenvalue weighted by Gasteiger charge is 2.05. The molecule has 1 aromatic carbocycles. The van der Waals surface area contributed by atoms with Crippen LogP contribution in [0.2, 0.25) is 0 Å². The number of pyridine rings is 1. The normalized spacial score (nSPS) is 10.3. The second kappa shape index (κ2) is 5.49. The van der Waals surface area contributed by atoms with Gasteiger partial charge < -0.3 is 9.47 Å². The SMILES string of the molecule is COC(=O)CCOc1cccc2ccc(C)nc12. The molecule has 0 bridgehead atoms. The van der Waals surface area contributed by atoms with E-state index < -0.39 is 0 Å². The number of fused-ring (bicyclic) bond motifs is 1. The zero-order valence-corrected chi connectivity index (χ0v) is 10.5. The summed E-state index contributed by atoms with van der Waals surface area (Å²) in [4.78, 5) is 15.5. The van der Waals surface area contributed by atoms with E-state index in [9.17, 15) is 4.79 Å². The van der Waals surface area contributed by atoms with Gasteiger partial charge in [0, 0.05) is 11.1 Å². The van der Waals surface area contributed by atoms with Crippen LogP contribution in [0.1, 0.15) is 12.1 Å². The van der Waals surface area contributed by atoms with Crippen LogP contribution in [0.25, 0.3) is 10.9 Å². The maximum absolute atomic E-state index is 11.0. The Bertz CT molecular complexity index is 566. The first kappa shape index (κ1) is 12.4. The number of hydrogen-bond acceptors (Lipinski definition) is 4. The fraction of sp³-hybridized carbons (Fsp3) is 0.286. The van der Waals surface area contributed by atoms with E-state index in [1.165, 1.54) is 7.11 Å². The molecule has 0 fully saturated rings. The van der Waals surface area contributed by atoms with Crippen molar-refractivity contribution in [1.82, 2.24) is 4.98 Å². The third-order valence-corrected chi connectivity index (χ3v) is 2.61. The molecule has 4 heteroatoms. The van der Waals surface area contributed by atoms with E-state index in [2.05, 4.69) is 9.72 Å². The number of methoxy groups -OCH3 is 1. The van der Waals surface area contributed by atoms with Crippen LogP contribution in [0.5, 0.6) is 5.75 Å². The largest absolute Gasteiger partial charge is 0.491 e. The molecule has 0 aliphatic carbocycles. The third-order valence-electron chi connectivity index (χ3n) is 2.61. The van der Waals surface area contributed by atoms with Gasteiger partial charge in [-0.3, -0.25) is 4.79 Å². The average molecular weight is 245 g/mol. The number of aryl methyl sites for hydroxylation is 1. The average Bonchev–Trinajstić information content (AvgIpc) is 2.39. The van der Waals surface area contributed by atoms with Gasteiger partial charge in [-0.15, -0.1) is 0 Å². The summed E-state index contributed by atoms with van der Waals surface area (Å²) in [5.41, 5.74) is 1.76. The topological polar surface area (TPSA) is 48.4 Å². The number of hydrogen-bond donors (Lipinski definition) is 0. The van der Waals surface area contributed by atoms with Gasteiger partial charge in [-0.2, -0.15) is 0 Å². The molecule has 2 rings (SSSR count). The van der Waals surface area contributed by atoms with Crippen LogP contribution in [-0.2, 0) is 9.53 Å². The maximum Gasteiger partial charge on any atom is 0.308 e. The first-order chi connectivity index (χ1) is 8.70. The van der Waals surface area contributed by atoms with E-state index in [1.54, 1.807) is 0 Å². The Morgan fingerprint density at radius 1 is 1.28 bits per heavy atom. The summed E-state index contributed by atoms with van der Waals surface area (Å²) in [6.45, 7) is 2.23. The van der Waals surface area contributed by atoms with Crippen LogP contribution in [0.4, 0.5) is 0 Å². The summed E-state index contributed by atoms with van der Waals surface area (Å²) in [5.74, 6) is 0.416. The van der Waals surface area contributed by atoms with Crippen molar-refractivity contribution in [3.8, 4) is 5.75 Å². The lowest BCUT2D eigenvalue weighted by molar-refractivity contribution is -0.141. The van der Waals surface area contributed by atoms with Gasteiger partial charge in [0.2, 0.25) is 0 Å². The van der Waals surface area contributed by atoms with Crippen LogP contribution < -0.4 is 4.74 Å². The van der Waals surface area contributed by atoms with E-state index in [-0.39, 0.29) is 12.4 Å². The van der Waals surface area contributed by atoms with Gasteiger partial charge in [0.15, 0.2) is 0 Å². The predicted octanol–water partition coefficient (Wildman–Crippen LogP) is 2.49. The molecule has 18 heavy (non-hydrogen) atoms. The molecule has 0 N–H and O–H groups in total. The van der Waals surface area contributed by atoms with Crippen LogP contribution in [-0.4, -0.2) is 24.7 Å². The van der Waals surface area contributed by atoms with Crippen LogP contribution >= 0.6 is 0 Å². The molecule has 2 aromatic rings. The molecule has 0 amide bonds. The fourth-order valence-electron chi connectivity index (χ4n) is 1.68. The number of carbonyl (C=O) groups excluding carboxylic acids is 1. The summed E-state index contributed by atoms with van der Waals surface area (Å²) < 4.78 is 10.1. The molecule has 0 saturated carbocycles. The Balaban J connectivity index is 2.17. The molecular weight excluding hydrogens is 230 g/mol. The smallest absolute Gasteiger partial charge is 0.308 e. The van der Waals surface area contributed by atoms with Crippen molar-refractivity contribution in [2.45, 2.75) is 13.3 Å². The Morgan fingerprint density at radius 2 is 2.11 bits per heavy atom. The van der Waals surface area contributed by atoms with Crippen molar-refractivity contribution in [3.05, 3.63) is 36.0 Å². The number of ether oxygens (including phenoxy) is 2. The van der Waals surface area contributed by atoms with Crippen molar-refractivity contribution >= 4 is 16.9 Å². The molecule has 0 spiro atoms. The molecule has 1 aromatic heterocycles. The molecule has 1 heterocycles. The number of aromatic nitrogens is 1. The van der Waals surface area contributed by atoms with Crippen LogP contribution in [0.15, 0.2) is 30.3 Å². The Labute approximate surface area is 106 Å². The summed E-state index contributed by atoms with van der Waals surface area (Å²) in [6.07, 6.45) is 0.235. The Hall–Kier alpha value is -2.10. The number of para-hydroxylation sites is 1. The number of benzene rings is 1. The Morgan fingerprint density at radius 3 is 2.89 bits per heavy atom. The quantitative estimate of drug-likeness (QED) is 0.776. The standard InChI is InChI=1S/C14H15NO3/c1-10-6-7-11-4-3-5-12(14(11)15-10)18-9-8-13(16)17-2/h3-7H,8-9H2,1-2H3. The summed E-state index contributed by atoms with van der Waals surface area (Å²) in [6, 6.07) is 9.71. The van der Waals surface area contributed by atoms with Gasteiger partial charge in [0.05, 0.1) is 20.1 Å². The van der Waals surface area contributed by atoms with Gasteiger partial charge in [0.25, 0.3) is 0 Å². The molecule has 0 atom stereocenters. The highest BCUT2D eigenvalue weighted by Crippen LogP contribution is 2.23. The second-order valence-corrected chi connectivity index (χ2v) is 3.96. The summed E-state index contributed by atoms with van der Waals surface area (Å²) >= 11 is 0. The van der Waals surface area contributed by atoms with Crippen LogP contribution in [0, 0.1) is 6.92 Å². The van der Waals surface area contributed by atoms with E-state index in [1.807, 2.05) is 37.3 Å². The zero-order valence-electron chi connectivity index (χ0n) is 10.5. The third kappa shape index (κ3) is 2.77. The minimum absolute atomic E-state index is 0.235.